The molecule has 27 heavy (non-hydrogen) atoms. The molecule has 150 valence electrons. The first-order chi connectivity index (χ1) is 13.1. The van der Waals surface area contributed by atoms with E-state index in [2.05, 4.69) is 24.3 Å². The van der Waals surface area contributed by atoms with Gasteiger partial charge in [-0.15, -0.1) is 0 Å². The summed E-state index contributed by atoms with van der Waals surface area (Å²) in [6, 6.07) is 10.2. The molecule has 0 bridgehead atoms. The van der Waals surface area contributed by atoms with Gasteiger partial charge < -0.3 is 15.3 Å². The SMILES string of the molecule is O=C(O)CCC/C=C\C[C@H]1CC[C@@H](O)[C@@H]1CC[C@@H](O)CCc1ccccc1. The van der Waals surface area contributed by atoms with Gasteiger partial charge in [0, 0.05) is 6.42 Å². The topological polar surface area (TPSA) is 77.8 Å². The Bertz CT molecular complexity index is 569. The van der Waals surface area contributed by atoms with E-state index in [4.69, 9.17) is 5.11 Å². The molecule has 1 aliphatic rings. The summed E-state index contributed by atoms with van der Waals surface area (Å²) in [4.78, 5) is 10.5. The molecular weight excluding hydrogens is 340 g/mol. The van der Waals surface area contributed by atoms with Crippen molar-refractivity contribution in [3.05, 3.63) is 48.0 Å². The first-order valence-corrected chi connectivity index (χ1v) is 10.3. The fourth-order valence-corrected chi connectivity index (χ4v) is 4.12. The summed E-state index contributed by atoms with van der Waals surface area (Å²) in [6.45, 7) is 0. The summed E-state index contributed by atoms with van der Waals surface area (Å²) < 4.78 is 0. The van der Waals surface area contributed by atoms with E-state index >= 15 is 0 Å². The Hall–Kier alpha value is -1.65. The normalized spacial score (nSPS) is 23.7. The van der Waals surface area contributed by atoms with Crippen LogP contribution < -0.4 is 0 Å². The first kappa shape index (κ1) is 21.6. The average Bonchev–Trinajstić information content (AvgIpc) is 3.01. The minimum absolute atomic E-state index is 0.218. The van der Waals surface area contributed by atoms with Crippen LogP contribution in [0.15, 0.2) is 42.5 Å². The zero-order valence-corrected chi connectivity index (χ0v) is 16.2. The van der Waals surface area contributed by atoms with Crippen molar-refractivity contribution in [1.29, 1.82) is 0 Å². The number of aliphatic hydroxyl groups is 2. The highest BCUT2D eigenvalue weighted by molar-refractivity contribution is 5.66. The average molecular weight is 375 g/mol. The monoisotopic (exact) mass is 374 g/mol. The maximum atomic E-state index is 10.5. The number of aliphatic hydroxyl groups excluding tert-OH is 2. The molecule has 1 aromatic carbocycles. The lowest BCUT2D eigenvalue weighted by Crippen LogP contribution is -2.21. The predicted molar refractivity (Wildman–Crippen MR) is 107 cm³/mol. The third-order valence-electron chi connectivity index (χ3n) is 5.74. The Balaban J connectivity index is 1.68. The molecule has 0 heterocycles. The quantitative estimate of drug-likeness (QED) is 0.375. The molecule has 1 aliphatic carbocycles. The summed E-state index contributed by atoms with van der Waals surface area (Å²) in [7, 11) is 0. The number of rotatable bonds is 12. The lowest BCUT2D eigenvalue weighted by molar-refractivity contribution is -0.137. The van der Waals surface area contributed by atoms with E-state index in [0.29, 0.717) is 12.3 Å². The number of allylic oxidation sites excluding steroid dienone is 2. The van der Waals surface area contributed by atoms with Gasteiger partial charge in [0.05, 0.1) is 12.2 Å². The fourth-order valence-electron chi connectivity index (χ4n) is 4.12. The lowest BCUT2D eigenvalue weighted by Gasteiger charge is -2.22. The highest BCUT2D eigenvalue weighted by atomic mass is 16.4. The van der Waals surface area contributed by atoms with Crippen molar-refractivity contribution in [3.8, 4) is 0 Å². The van der Waals surface area contributed by atoms with E-state index in [1.807, 2.05) is 18.2 Å². The molecule has 3 N–H and O–H groups in total. The second kappa shape index (κ2) is 11.9. The lowest BCUT2D eigenvalue weighted by atomic mass is 9.86. The molecule has 4 atom stereocenters. The number of aliphatic carboxylic acids is 1. The fraction of sp³-hybridized carbons (Fsp3) is 0.609. The zero-order chi connectivity index (χ0) is 19.5. The molecule has 0 aromatic heterocycles. The third-order valence-corrected chi connectivity index (χ3v) is 5.74. The van der Waals surface area contributed by atoms with Gasteiger partial charge in [-0.05, 0) is 75.2 Å². The van der Waals surface area contributed by atoms with Crippen LogP contribution in [0.4, 0.5) is 0 Å². The Morgan fingerprint density at radius 3 is 2.67 bits per heavy atom. The molecule has 2 rings (SSSR count). The van der Waals surface area contributed by atoms with Crippen LogP contribution >= 0.6 is 0 Å². The molecule has 0 radical (unpaired) electrons. The van der Waals surface area contributed by atoms with Crippen LogP contribution in [-0.2, 0) is 11.2 Å². The van der Waals surface area contributed by atoms with Crippen molar-refractivity contribution in [2.24, 2.45) is 11.8 Å². The van der Waals surface area contributed by atoms with E-state index in [-0.39, 0.29) is 24.5 Å². The molecule has 1 fully saturated rings. The first-order valence-electron chi connectivity index (χ1n) is 10.3. The number of carbonyl (C=O) groups is 1. The maximum absolute atomic E-state index is 10.5. The van der Waals surface area contributed by atoms with Crippen molar-refractivity contribution in [3.63, 3.8) is 0 Å². The predicted octanol–water partition coefficient (Wildman–Crippen LogP) is 4.35. The highest BCUT2D eigenvalue weighted by Crippen LogP contribution is 2.38. The van der Waals surface area contributed by atoms with Gasteiger partial charge in [-0.25, -0.2) is 0 Å². The van der Waals surface area contributed by atoms with Crippen molar-refractivity contribution < 1.29 is 20.1 Å². The van der Waals surface area contributed by atoms with Crippen LogP contribution in [0.1, 0.15) is 63.4 Å². The molecule has 1 saturated carbocycles. The standard InChI is InChI=1S/C23H34O4/c24-20(14-12-18-8-4-3-5-9-18)15-16-21-19(13-17-22(21)25)10-6-1-2-7-11-23(26)27/h1,3-6,8-9,19-22,24-25H,2,7,10-17H2,(H,26,27)/b6-1-/t19-,20-,21+,22+/m0/s1. The van der Waals surface area contributed by atoms with Gasteiger partial charge in [0.1, 0.15) is 0 Å². The van der Waals surface area contributed by atoms with Crippen LogP contribution in [0.3, 0.4) is 0 Å². The van der Waals surface area contributed by atoms with Crippen LogP contribution in [0.2, 0.25) is 0 Å². The minimum atomic E-state index is -0.742. The molecule has 0 saturated heterocycles. The number of carboxylic acids is 1. The van der Waals surface area contributed by atoms with Gasteiger partial charge in [0.25, 0.3) is 0 Å². The van der Waals surface area contributed by atoms with E-state index < -0.39 is 5.97 Å². The molecular formula is C23H34O4. The molecule has 0 unspecified atom stereocenters. The molecule has 4 heteroatoms. The maximum Gasteiger partial charge on any atom is 0.303 e. The van der Waals surface area contributed by atoms with Crippen LogP contribution in [0, 0.1) is 11.8 Å². The largest absolute Gasteiger partial charge is 0.481 e. The van der Waals surface area contributed by atoms with Crippen molar-refractivity contribution in [2.45, 2.75) is 76.4 Å². The minimum Gasteiger partial charge on any atom is -0.481 e. The second-order valence-corrected chi connectivity index (χ2v) is 7.82. The molecule has 1 aromatic rings. The van der Waals surface area contributed by atoms with Gasteiger partial charge in [0.2, 0.25) is 0 Å². The molecule has 4 nitrogen and oxygen atoms in total. The summed E-state index contributed by atoms with van der Waals surface area (Å²) in [5.41, 5.74) is 1.25. The Labute approximate surface area is 162 Å². The van der Waals surface area contributed by atoms with Gasteiger partial charge in [-0.2, -0.15) is 0 Å². The van der Waals surface area contributed by atoms with Crippen LogP contribution in [0.25, 0.3) is 0 Å². The molecule has 0 spiro atoms. The van der Waals surface area contributed by atoms with Gasteiger partial charge >= 0.3 is 5.97 Å². The summed E-state index contributed by atoms with van der Waals surface area (Å²) in [5, 5.41) is 29.3. The van der Waals surface area contributed by atoms with Crippen molar-refractivity contribution in [1.82, 2.24) is 0 Å². The van der Waals surface area contributed by atoms with Crippen LogP contribution in [-0.4, -0.2) is 33.5 Å². The number of unbranched alkanes of at least 4 members (excludes halogenated alkanes) is 1. The van der Waals surface area contributed by atoms with E-state index in [1.165, 1.54) is 5.56 Å². The smallest absolute Gasteiger partial charge is 0.303 e. The number of benzene rings is 1. The number of hydrogen-bond acceptors (Lipinski definition) is 3. The summed E-state index contributed by atoms with van der Waals surface area (Å²) in [5.74, 6) is -0.00899. The molecule has 0 amide bonds. The summed E-state index contributed by atoms with van der Waals surface area (Å²) >= 11 is 0. The van der Waals surface area contributed by atoms with Gasteiger partial charge in [0.15, 0.2) is 0 Å². The van der Waals surface area contributed by atoms with Crippen molar-refractivity contribution >= 4 is 5.97 Å². The van der Waals surface area contributed by atoms with Crippen LogP contribution in [0.5, 0.6) is 0 Å². The number of hydrogen-bond donors (Lipinski definition) is 3. The van der Waals surface area contributed by atoms with E-state index in [9.17, 15) is 15.0 Å². The van der Waals surface area contributed by atoms with Gasteiger partial charge in [-0.3, -0.25) is 4.79 Å². The highest BCUT2D eigenvalue weighted by Gasteiger charge is 2.33. The number of carboxylic acid groups (broad SMARTS) is 1. The number of aryl methyl sites for hydroxylation is 1. The van der Waals surface area contributed by atoms with E-state index in [1.54, 1.807) is 0 Å². The zero-order valence-electron chi connectivity index (χ0n) is 16.2. The molecule has 0 aliphatic heterocycles. The Kier molecular flexibility index (Phi) is 9.57. The second-order valence-electron chi connectivity index (χ2n) is 7.82. The van der Waals surface area contributed by atoms with Crippen molar-refractivity contribution in [2.75, 3.05) is 0 Å². The summed E-state index contributed by atoms with van der Waals surface area (Å²) in [6.07, 6.45) is 11.4. The van der Waals surface area contributed by atoms with Gasteiger partial charge in [-0.1, -0.05) is 42.5 Å². The Morgan fingerprint density at radius 2 is 1.93 bits per heavy atom. The Morgan fingerprint density at radius 1 is 1.15 bits per heavy atom. The third kappa shape index (κ3) is 8.27. The van der Waals surface area contributed by atoms with E-state index in [0.717, 1.165) is 51.4 Å².